The molecule has 23 heavy (non-hydrogen) atoms. The van der Waals surface area contributed by atoms with Crippen LogP contribution in [-0.2, 0) is 0 Å². The molecule has 0 aliphatic rings. The smallest absolute Gasteiger partial charge is 0.384 e. The summed E-state index contributed by atoms with van der Waals surface area (Å²) in [5.41, 5.74) is 0.212. The van der Waals surface area contributed by atoms with E-state index in [1.165, 1.54) is 6.07 Å². The summed E-state index contributed by atoms with van der Waals surface area (Å²) in [5, 5.41) is 13.8. The fourth-order valence-corrected chi connectivity index (χ4v) is 1.92. The lowest BCUT2D eigenvalue weighted by Gasteiger charge is -2.16. The van der Waals surface area contributed by atoms with Crippen molar-refractivity contribution in [2.75, 3.05) is 18.4 Å². The monoisotopic (exact) mass is 327 g/mol. The number of halogens is 3. The molecule has 0 saturated heterocycles. The highest BCUT2D eigenvalue weighted by Gasteiger charge is 2.28. The highest BCUT2D eigenvalue weighted by molar-refractivity contribution is 5.99. The van der Waals surface area contributed by atoms with Crippen molar-refractivity contribution in [2.45, 2.75) is 32.9 Å². The maximum Gasteiger partial charge on any atom is 0.405 e. The minimum atomic E-state index is -4.44. The molecular formula is C16H20F3N3O. The number of benzene rings is 1. The zero-order valence-electron chi connectivity index (χ0n) is 13.1. The van der Waals surface area contributed by atoms with Gasteiger partial charge in [-0.2, -0.15) is 18.4 Å². The van der Waals surface area contributed by atoms with Crippen LogP contribution in [0.3, 0.4) is 0 Å². The molecule has 1 rings (SSSR count). The molecule has 0 unspecified atom stereocenters. The van der Waals surface area contributed by atoms with Crippen molar-refractivity contribution < 1.29 is 18.0 Å². The van der Waals surface area contributed by atoms with Crippen LogP contribution in [-0.4, -0.2) is 25.2 Å². The van der Waals surface area contributed by atoms with E-state index in [-0.39, 0.29) is 5.56 Å². The Hall–Kier alpha value is -2.23. The Balaban J connectivity index is 2.60. The molecule has 0 bridgehead atoms. The van der Waals surface area contributed by atoms with Crippen molar-refractivity contribution in [3.05, 3.63) is 29.8 Å². The molecule has 0 fully saturated rings. The predicted molar refractivity (Wildman–Crippen MR) is 81.9 cm³/mol. The van der Waals surface area contributed by atoms with Gasteiger partial charge in [-0.3, -0.25) is 4.79 Å². The molecule has 126 valence electrons. The number of nitriles is 1. The summed E-state index contributed by atoms with van der Waals surface area (Å²) in [7, 11) is 0. The number of hydrogen-bond donors (Lipinski definition) is 2. The Morgan fingerprint density at radius 3 is 2.52 bits per heavy atom. The summed E-state index contributed by atoms with van der Waals surface area (Å²) in [5.74, 6) is -0.775. The van der Waals surface area contributed by atoms with E-state index in [1.807, 2.05) is 19.2 Å². The third-order valence-electron chi connectivity index (χ3n) is 3.22. The first kappa shape index (κ1) is 18.8. The Bertz CT molecular complexity index is 577. The van der Waals surface area contributed by atoms with Crippen LogP contribution in [0.1, 0.15) is 37.0 Å². The summed E-state index contributed by atoms with van der Waals surface area (Å²) in [6, 6.07) is 8.59. The van der Waals surface area contributed by atoms with Gasteiger partial charge < -0.3 is 10.6 Å². The van der Waals surface area contributed by atoms with Crippen LogP contribution < -0.4 is 10.6 Å². The van der Waals surface area contributed by atoms with Gasteiger partial charge in [-0.15, -0.1) is 0 Å². The van der Waals surface area contributed by atoms with Crippen molar-refractivity contribution in [1.29, 1.82) is 5.26 Å². The second-order valence-corrected chi connectivity index (χ2v) is 5.87. The lowest BCUT2D eigenvalue weighted by atomic mass is 9.90. The molecule has 0 saturated carbocycles. The number of amides is 1. The second-order valence-electron chi connectivity index (χ2n) is 5.87. The first-order chi connectivity index (χ1) is 10.6. The van der Waals surface area contributed by atoms with Gasteiger partial charge >= 0.3 is 6.18 Å². The molecule has 0 spiro atoms. The van der Waals surface area contributed by atoms with Gasteiger partial charge in [-0.1, -0.05) is 12.1 Å². The SMILES string of the molecule is CC(C)(C#N)CCCNc1ccccc1C(=O)NCC(F)(F)F. The second kappa shape index (κ2) is 7.86. The molecule has 4 nitrogen and oxygen atoms in total. The fraction of sp³-hybridized carbons (Fsp3) is 0.500. The van der Waals surface area contributed by atoms with Gasteiger partial charge in [0.1, 0.15) is 6.54 Å². The van der Waals surface area contributed by atoms with Gasteiger partial charge in [0.05, 0.1) is 17.0 Å². The molecule has 0 aliphatic carbocycles. The summed E-state index contributed by atoms with van der Waals surface area (Å²) in [6.07, 6.45) is -3.06. The maximum absolute atomic E-state index is 12.2. The Morgan fingerprint density at radius 2 is 1.91 bits per heavy atom. The number of alkyl halides is 3. The van der Waals surface area contributed by atoms with Crippen LogP contribution in [0.2, 0.25) is 0 Å². The van der Waals surface area contributed by atoms with Crippen LogP contribution in [0.4, 0.5) is 18.9 Å². The van der Waals surface area contributed by atoms with Gasteiger partial charge in [0.15, 0.2) is 0 Å². The molecule has 0 atom stereocenters. The molecule has 2 N–H and O–H groups in total. The van der Waals surface area contributed by atoms with Gasteiger partial charge in [0.2, 0.25) is 0 Å². The first-order valence-electron chi connectivity index (χ1n) is 7.24. The highest BCUT2D eigenvalue weighted by Crippen LogP contribution is 2.21. The number of nitrogens with one attached hydrogen (secondary N) is 2. The molecule has 0 aliphatic heterocycles. The molecule has 0 aromatic heterocycles. The first-order valence-corrected chi connectivity index (χ1v) is 7.24. The third kappa shape index (κ3) is 7.04. The van der Waals surface area contributed by atoms with Crippen LogP contribution in [0.5, 0.6) is 0 Å². The molecular weight excluding hydrogens is 307 g/mol. The van der Waals surface area contributed by atoms with E-state index in [9.17, 15) is 18.0 Å². The van der Waals surface area contributed by atoms with Crippen molar-refractivity contribution in [1.82, 2.24) is 5.32 Å². The van der Waals surface area contributed by atoms with E-state index in [1.54, 1.807) is 18.2 Å². The van der Waals surface area contributed by atoms with Crippen molar-refractivity contribution >= 4 is 11.6 Å². The Labute approximate surface area is 133 Å². The minimum absolute atomic E-state index is 0.163. The van der Waals surface area contributed by atoms with Crippen molar-refractivity contribution in [3.63, 3.8) is 0 Å². The number of nitrogens with zero attached hydrogens (tertiary/aromatic N) is 1. The lowest BCUT2D eigenvalue weighted by Crippen LogP contribution is -2.34. The average Bonchev–Trinajstić information content (AvgIpc) is 2.49. The lowest BCUT2D eigenvalue weighted by molar-refractivity contribution is -0.123. The van der Waals surface area contributed by atoms with E-state index in [0.29, 0.717) is 25.1 Å². The number of para-hydroxylation sites is 1. The molecule has 1 aromatic carbocycles. The molecule has 1 amide bonds. The van der Waals surface area contributed by atoms with E-state index in [4.69, 9.17) is 5.26 Å². The van der Waals surface area contributed by atoms with Gasteiger partial charge in [0, 0.05) is 12.2 Å². The fourth-order valence-electron chi connectivity index (χ4n) is 1.92. The zero-order valence-corrected chi connectivity index (χ0v) is 13.1. The molecule has 0 radical (unpaired) electrons. The molecule has 1 aromatic rings. The average molecular weight is 327 g/mol. The van der Waals surface area contributed by atoms with Crippen molar-refractivity contribution in [3.8, 4) is 6.07 Å². The van der Waals surface area contributed by atoms with E-state index < -0.39 is 24.0 Å². The van der Waals surface area contributed by atoms with E-state index in [0.717, 1.165) is 0 Å². The molecule has 0 heterocycles. The largest absolute Gasteiger partial charge is 0.405 e. The summed E-state index contributed by atoms with van der Waals surface area (Å²) >= 11 is 0. The third-order valence-corrected chi connectivity index (χ3v) is 3.22. The number of hydrogen-bond acceptors (Lipinski definition) is 3. The Kier molecular flexibility index (Phi) is 6.43. The quantitative estimate of drug-likeness (QED) is 0.750. The number of carbonyl (C=O) groups excluding carboxylic acids is 1. The number of anilines is 1. The maximum atomic E-state index is 12.2. The van der Waals surface area contributed by atoms with Crippen LogP contribution in [0, 0.1) is 16.7 Å². The molecule has 7 heteroatoms. The summed E-state index contributed by atoms with van der Waals surface area (Å²) in [4.78, 5) is 11.9. The van der Waals surface area contributed by atoms with Crippen LogP contribution >= 0.6 is 0 Å². The zero-order chi connectivity index (χ0) is 17.5. The number of rotatable bonds is 7. The van der Waals surface area contributed by atoms with Gasteiger partial charge in [-0.25, -0.2) is 0 Å². The van der Waals surface area contributed by atoms with Crippen molar-refractivity contribution in [2.24, 2.45) is 5.41 Å². The summed E-state index contributed by atoms with van der Waals surface area (Å²) < 4.78 is 36.5. The van der Waals surface area contributed by atoms with E-state index >= 15 is 0 Å². The van der Waals surface area contributed by atoms with Gasteiger partial charge in [-0.05, 0) is 38.8 Å². The van der Waals surface area contributed by atoms with E-state index in [2.05, 4.69) is 11.4 Å². The predicted octanol–water partition coefficient (Wildman–Crippen LogP) is 3.72. The standard InChI is InChI=1S/C16H20F3N3O/c1-15(2,10-20)8-5-9-21-13-7-4-3-6-12(13)14(23)22-11-16(17,18)19/h3-4,6-7,21H,5,8-9,11H2,1-2H3,(H,22,23). The minimum Gasteiger partial charge on any atom is -0.384 e. The number of carbonyl (C=O) groups is 1. The summed E-state index contributed by atoms with van der Waals surface area (Å²) in [6.45, 7) is 2.84. The van der Waals surface area contributed by atoms with Crippen LogP contribution in [0.25, 0.3) is 0 Å². The van der Waals surface area contributed by atoms with Gasteiger partial charge in [0.25, 0.3) is 5.91 Å². The normalized spacial score (nSPS) is 11.7. The van der Waals surface area contributed by atoms with Crippen LogP contribution in [0.15, 0.2) is 24.3 Å². The Morgan fingerprint density at radius 1 is 1.26 bits per heavy atom. The topological polar surface area (TPSA) is 64.9 Å². The highest BCUT2D eigenvalue weighted by atomic mass is 19.4.